The standard InChI is InChI=1S/C12H8ClF4N3/c13-11-19-6-9(14)10(20-11)18-5-7-3-1-2-4-8(7)12(15,16)17/h1-4,6H,5H2,(H,18,19,20). The summed E-state index contributed by atoms with van der Waals surface area (Å²) in [5, 5.41) is 2.28. The molecule has 0 radical (unpaired) electrons. The van der Waals surface area contributed by atoms with Gasteiger partial charge in [-0.2, -0.15) is 18.2 Å². The van der Waals surface area contributed by atoms with Crippen molar-refractivity contribution in [3.8, 4) is 0 Å². The van der Waals surface area contributed by atoms with Gasteiger partial charge in [0.1, 0.15) is 0 Å². The van der Waals surface area contributed by atoms with Crippen LogP contribution in [0, 0.1) is 5.82 Å². The minimum Gasteiger partial charge on any atom is -0.363 e. The van der Waals surface area contributed by atoms with Crippen LogP contribution in [0.15, 0.2) is 30.5 Å². The molecule has 0 spiro atoms. The van der Waals surface area contributed by atoms with Crippen LogP contribution in [0.5, 0.6) is 0 Å². The van der Waals surface area contributed by atoms with Crippen LogP contribution in [0.3, 0.4) is 0 Å². The lowest BCUT2D eigenvalue weighted by molar-refractivity contribution is -0.138. The maximum atomic E-state index is 13.3. The molecule has 0 saturated heterocycles. The lowest BCUT2D eigenvalue weighted by Gasteiger charge is -2.13. The first kappa shape index (κ1) is 14.5. The molecule has 2 rings (SSSR count). The molecule has 8 heteroatoms. The fourth-order valence-corrected chi connectivity index (χ4v) is 1.73. The number of aromatic nitrogens is 2. The van der Waals surface area contributed by atoms with Gasteiger partial charge < -0.3 is 5.32 Å². The second kappa shape index (κ2) is 5.62. The molecule has 0 bridgehead atoms. The first-order valence-corrected chi connectivity index (χ1v) is 5.83. The second-order valence-electron chi connectivity index (χ2n) is 3.84. The van der Waals surface area contributed by atoms with E-state index in [1.807, 2.05) is 0 Å². The Morgan fingerprint density at radius 1 is 1.20 bits per heavy atom. The monoisotopic (exact) mass is 305 g/mol. The van der Waals surface area contributed by atoms with Crippen molar-refractivity contribution in [1.82, 2.24) is 9.97 Å². The molecule has 0 unspecified atom stereocenters. The van der Waals surface area contributed by atoms with Crippen molar-refractivity contribution in [2.75, 3.05) is 5.32 Å². The van der Waals surface area contributed by atoms with E-state index >= 15 is 0 Å². The third kappa shape index (κ3) is 3.36. The summed E-state index contributed by atoms with van der Waals surface area (Å²) < 4.78 is 51.6. The fourth-order valence-electron chi connectivity index (χ4n) is 1.60. The van der Waals surface area contributed by atoms with Crippen LogP contribution < -0.4 is 5.32 Å². The van der Waals surface area contributed by atoms with Crippen molar-refractivity contribution in [2.45, 2.75) is 12.7 Å². The van der Waals surface area contributed by atoms with Crippen LogP contribution in [0.25, 0.3) is 0 Å². The third-order valence-corrected chi connectivity index (χ3v) is 2.67. The van der Waals surface area contributed by atoms with Crippen molar-refractivity contribution >= 4 is 17.4 Å². The Balaban J connectivity index is 2.21. The number of rotatable bonds is 3. The van der Waals surface area contributed by atoms with Gasteiger partial charge in [-0.3, -0.25) is 0 Å². The fraction of sp³-hybridized carbons (Fsp3) is 0.167. The summed E-state index contributed by atoms with van der Waals surface area (Å²) in [6, 6.07) is 5.01. The summed E-state index contributed by atoms with van der Waals surface area (Å²) in [5.41, 5.74) is -0.804. The molecule has 3 nitrogen and oxygen atoms in total. The van der Waals surface area contributed by atoms with E-state index in [0.29, 0.717) is 0 Å². The van der Waals surface area contributed by atoms with Gasteiger partial charge in [0.25, 0.3) is 0 Å². The quantitative estimate of drug-likeness (QED) is 0.690. The van der Waals surface area contributed by atoms with Gasteiger partial charge in [0.05, 0.1) is 11.8 Å². The van der Waals surface area contributed by atoms with Crippen LogP contribution in [0.1, 0.15) is 11.1 Å². The van der Waals surface area contributed by atoms with Crippen LogP contribution in [0.4, 0.5) is 23.4 Å². The molecule has 1 N–H and O–H groups in total. The minimum absolute atomic E-state index is 0.0193. The number of benzene rings is 1. The summed E-state index contributed by atoms with van der Waals surface area (Å²) in [5.74, 6) is -1.04. The molecule has 20 heavy (non-hydrogen) atoms. The Kier molecular flexibility index (Phi) is 4.08. The summed E-state index contributed by atoms with van der Waals surface area (Å²) >= 11 is 5.49. The summed E-state index contributed by atoms with van der Waals surface area (Å²) in [6.07, 6.45) is -3.63. The van der Waals surface area contributed by atoms with E-state index < -0.39 is 17.6 Å². The summed E-state index contributed by atoms with van der Waals surface area (Å²) in [7, 11) is 0. The highest BCUT2D eigenvalue weighted by Gasteiger charge is 2.32. The Hall–Kier alpha value is -1.89. The predicted molar refractivity (Wildman–Crippen MR) is 65.8 cm³/mol. The summed E-state index contributed by atoms with van der Waals surface area (Å²) in [4.78, 5) is 6.98. The molecule has 0 aliphatic heterocycles. The van der Waals surface area contributed by atoms with Gasteiger partial charge in [-0.25, -0.2) is 9.37 Å². The van der Waals surface area contributed by atoms with E-state index in [1.165, 1.54) is 18.2 Å². The maximum Gasteiger partial charge on any atom is 0.416 e. The van der Waals surface area contributed by atoms with Gasteiger partial charge in [0, 0.05) is 6.54 Å². The van der Waals surface area contributed by atoms with Crippen molar-refractivity contribution in [3.63, 3.8) is 0 Å². The second-order valence-corrected chi connectivity index (χ2v) is 4.18. The van der Waals surface area contributed by atoms with E-state index in [9.17, 15) is 17.6 Å². The number of nitrogens with one attached hydrogen (secondary N) is 1. The van der Waals surface area contributed by atoms with Crippen LogP contribution in [-0.4, -0.2) is 9.97 Å². The van der Waals surface area contributed by atoms with Crippen molar-refractivity contribution < 1.29 is 17.6 Å². The molecule has 0 fully saturated rings. The van der Waals surface area contributed by atoms with Crippen molar-refractivity contribution in [1.29, 1.82) is 0 Å². The predicted octanol–water partition coefficient (Wildman–Crippen LogP) is 3.90. The van der Waals surface area contributed by atoms with Gasteiger partial charge in [-0.05, 0) is 23.2 Å². The minimum atomic E-state index is -4.47. The zero-order valence-electron chi connectivity index (χ0n) is 9.88. The number of anilines is 1. The zero-order chi connectivity index (χ0) is 14.8. The van der Waals surface area contributed by atoms with Gasteiger partial charge in [0.15, 0.2) is 11.6 Å². The zero-order valence-corrected chi connectivity index (χ0v) is 10.6. The molecule has 1 heterocycles. The van der Waals surface area contributed by atoms with Gasteiger partial charge in [-0.15, -0.1) is 0 Å². The number of hydrogen-bond acceptors (Lipinski definition) is 3. The number of nitrogens with zero attached hydrogens (tertiary/aromatic N) is 2. The van der Waals surface area contributed by atoms with E-state index in [2.05, 4.69) is 15.3 Å². The topological polar surface area (TPSA) is 37.8 Å². The highest BCUT2D eigenvalue weighted by molar-refractivity contribution is 6.28. The SMILES string of the molecule is Fc1cnc(Cl)nc1NCc1ccccc1C(F)(F)F. The molecule has 0 aliphatic rings. The Bertz CT molecular complexity index is 616. The molecule has 0 saturated carbocycles. The van der Waals surface area contributed by atoms with Gasteiger partial charge >= 0.3 is 6.18 Å². The molecule has 106 valence electrons. The molecule has 0 amide bonds. The lowest BCUT2D eigenvalue weighted by atomic mass is 10.1. The number of halogens is 5. The average molecular weight is 306 g/mol. The number of alkyl halides is 3. The van der Waals surface area contributed by atoms with Crippen LogP contribution in [-0.2, 0) is 12.7 Å². The number of hydrogen-bond donors (Lipinski definition) is 1. The highest BCUT2D eigenvalue weighted by Crippen LogP contribution is 2.32. The normalized spacial score (nSPS) is 11.4. The molecule has 0 atom stereocenters. The van der Waals surface area contributed by atoms with Crippen LogP contribution in [0.2, 0.25) is 5.28 Å². The first-order valence-electron chi connectivity index (χ1n) is 5.45. The maximum absolute atomic E-state index is 13.3. The lowest BCUT2D eigenvalue weighted by Crippen LogP contribution is -2.12. The Morgan fingerprint density at radius 2 is 1.90 bits per heavy atom. The third-order valence-electron chi connectivity index (χ3n) is 2.48. The van der Waals surface area contributed by atoms with Crippen molar-refractivity contribution in [3.05, 3.63) is 52.7 Å². The molecule has 1 aromatic heterocycles. The van der Waals surface area contributed by atoms with E-state index in [-0.39, 0.29) is 23.2 Å². The van der Waals surface area contributed by atoms with E-state index in [4.69, 9.17) is 11.6 Å². The first-order chi connectivity index (χ1) is 9.38. The van der Waals surface area contributed by atoms with E-state index in [0.717, 1.165) is 12.3 Å². The largest absolute Gasteiger partial charge is 0.416 e. The van der Waals surface area contributed by atoms with E-state index in [1.54, 1.807) is 0 Å². The van der Waals surface area contributed by atoms with Crippen LogP contribution >= 0.6 is 11.6 Å². The smallest absolute Gasteiger partial charge is 0.363 e. The Morgan fingerprint density at radius 3 is 2.60 bits per heavy atom. The van der Waals surface area contributed by atoms with Gasteiger partial charge in [-0.1, -0.05) is 18.2 Å². The molecule has 2 aromatic rings. The molecular formula is C12H8ClF4N3. The average Bonchev–Trinajstić information content (AvgIpc) is 2.39. The van der Waals surface area contributed by atoms with Gasteiger partial charge in [0.2, 0.25) is 5.28 Å². The van der Waals surface area contributed by atoms with Crippen molar-refractivity contribution in [2.24, 2.45) is 0 Å². The summed E-state index contributed by atoms with van der Waals surface area (Å²) in [6.45, 7) is -0.236. The Labute approximate surface area is 116 Å². The highest BCUT2D eigenvalue weighted by atomic mass is 35.5. The molecule has 0 aliphatic carbocycles. The molecule has 1 aromatic carbocycles. The molecular weight excluding hydrogens is 298 g/mol.